The predicted molar refractivity (Wildman–Crippen MR) is 53.2 cm³/mol. The van der Waals surface area contributed by atoms with Crippen LogP contribution in [0.15, 0.2) is 16.2 Å². The van der Waals surface area contributed by atoms with Gasteiger partial charge in [-0.1, -0.05) is 0 Å². The summed E-state index contributed by atoms with van der Waals surface area (Å²) in [7, 11) is 0. The van der Waals surface area contributed by atoms with Gasteiger partial charge in [-0.2, -0.15) is 5.10 Å². The van der Waals surface area contributed by atoms with E-state index in [9.17, 15) is 0 Å². The average molecular weight is 223 g/mol. The van der Waals surface area contributed by atoms with Crippen LogP contribution in [-0.2, 0) is 0 Å². The van der Waals surface area contributed by atoms with Gasteiger partial charge in [-0.3, -0.25) is 5.10 Å². The van der Waals surface area contributed by atoms with Crippen molar-refractivity contribution in [2.75, 3.05) is 5.73 Å². The van der Waals surface area contributed by atoms with Gasteiger partial charge in [0.2, 0.25) is 5.16 Å². The minimum Gasteiger partial charge on any atom is -0.383 e. The number of rotatable bonds is 3. The number of H-pyrrole nitrogens is 1. The van der Waals surface area contributed by atoms with Crippen molar-refractivity contribution in [2.24, 2.45) is 0 Å². The van der Waals surface area contributed by atoms with Crippen LogP contribution in [-0.4, -0.2) is 30.4 Å². The van der Waals surface area contributed by atoms with E-state index in [-0.39, 0.29) is 0 Å². The molecule has 0 spiro atoms. The van der Waals surface area contributed by atoms with Crippen LogP contribution in [0, 0.1) is 0 Å². The summed E-state index contributed by atoms with van der Waals surface area (Å²) in [6, 6.07) is 0.468. The second-order valence-electron chi connectivity index (χ2n) is 3.39. The first-order valence-electron chi connectivity index (χ1n) is 4.59. The highest BCUT2D eigenvalue weighted by molar-refractivity contribution is 7.99. The SMILES string of the molecule is Nc1[nH]ncc1Sc1nnnn1C1CC1. The molecule has 0 atom stereocenters. The second kappa shape index (κ2) is 3.23. The molecule has 2 heterocycles. The number of tetrazole rings is 1. The van der Waals surface area contributed by atoms with Crippen molar-refractivity contribution in [1.82, 2.24) is 30.4 Å². The minimum absolute atomic E-state index is 0.468. The Labute approximate surface area is 89.4 Å². The number of nitrogens with one attached hydrogen (secondary N) is 1. The van der Waals surface area contributed by atoms with Gasteiger partial charge >= 0.3 is 0 Å². The van der Waals surface area contributed by atoms with E-state index in [1.807, 2.05) is 4.68 Å². The smallest absolute Gasteiger partial charge is 0.214 e. The Hall–Kier alpha value is -1.57. The summed E-state index contributed by atoms with van der Waals surface area (Å²) >= 11 is 1.43. The first-order valence-corrected chi connectivity index (χ1v) is 5.41. The van der Waals surface area contributed by atoms with Crippen LogP contribution in [0.1, 0.15) is 18.9 Å². The molecule has 0 bridgehead atoms. The lowest BCUT2D eigenvalue weighted by Gasteiger charge is -1.99. The molecule has 0 radical (unpaired) electrons. The van der Waals surface area contributed by atoms with Crippen LogP contribution in [0.4, 0.5) is 5.82 Å². The van der Waals surface area contributed by atoms with Crippen molar-refractivity contribution >= 4 is 17.6 Å². The Bertz CT molecular complexity index is 471. The lowest BCUT2D eigenvalue weighted by molar-refractivity contribution is 0.565. The maximum Gasteiger partial charge on any atom is 0.214 e. The summed E-state index contributed by atoms with van der Waals surface area (Å²) in [4.78, 5) is 0.853. The highest BCUT2D eigenvalue weighted by Gasteiger charge is 2.28. The van der Waals surface area contributed by atoms with Gasteiger partial charge in [0, 0.05) is 0 Å². The van der Waals surface area contributed by atoms with E-state index in [0.717, 1.165) is 22.9 Å². The molecular weight excluding hydrogens is 214 g/mol. The molecule has 3 rings (SSSR count). The van der Waals surface area contributed by atoms with E-state index in [0.29, 0.717) is 11.9 Å². The topological polar surface area (TPSA) is 98.3 Å². The third-order valence-electron chi connectivity index (χ3n) is 2.19. The summed E-state index contributed by atoms with van der Waals surface area (Å²) in [5, 5.41) is 18.9. The molecule has 1 aliphatic rings. The highest BCUT2D eigenvalue weighted by Crippen LogP contribution is 2.38. The molecular formula is C7H9N7S. The molecule has 2 aromatic heterocycles. The van der Waals surface area contributed by atoms with Gasteiger partial charge in [0.25, 0.3) is 0 Å². The quantitative estimate of drug-likeness (QED) is 0.784. The molecule has 8 heteroatoms. The van der Waals surface area contributed by atoms with E-state index in [4.69, 9.17) is 5.73 Å². The van der Waals surface area contributed by atoms with Crippen molar-refractivity contribution in [3.63, 3.8) is 0 Å². The van der Waals surface area contributed by atoms with Gasteiger partial charge in [-0.05, 0) is 35.0 Å². The summed E-state index contributed by atoms with van der Waals surface area (Å²) in [6.07, 6.45) is 3.98. The van der Waals surface area contributed by atoms with Crippen molar-refractivity contribution in [3.8, 4) is 0 Å². The molecule has 3 N–H and O–H groups in total. The lowest BCUT2D eigenvalue weighted by atomic mass is 10.7. The average Bonchev–Trinajstić information content (AvgIpc) is 2.85. The van der Waals surface area contributed by atoms with Crippen molar-refractivity contribution in [1.29, 1.82) is 0 Å². The molecule has 0 amide bonds. The van der Waals surface area contributed by atoms with Crippen LogP contribution in [0.25, 0.3) is 0 Å². The van der Waals surface area contributed by atoms with Crippen LogP contribution in [0.5, 0.6) is 0 Å². The van der Waals surface area contributed by atoms with Gasteiger partial charge in [-0.25, -0.2) is 4.68 Å². The van der Waals surface area contributed by atoms with E-state index in [2.05, 4.69) is 25.7 Å². The minimum atomic E-state index is 0.468. The number of hydrogen-bond donors (Lipinski definition) is 2. The fraction of sp³-hybridized carbons (Fsp3) is 0.429. The van der Waals surface area contributed by atoms with E-state index in [1.54, 1.807) is 6.20 Å². The number of hydrogen-bond acceptors (Lipinski definition) is 6. The molecule has 1 saturated carbocycles. The van der Waals surface area contributed by atoms with Crippen LogP contribution < -0.4 is 5.73 Å². The van der Waals surface area contributed by atoms with Crippen LogP contribution >= 0.6 is 11.8 Å². The predicted octanol–water partition coefficient (Wildman–Crippen LogP) is 0.464. The first kappa shape index (κ1) is 8.72. The van der Waals surface area contributed by atoms with Crippen molar-refractivity contribution in [2.45, 2.75) is 28.9 Å². The Morgan fingerprint density at radius 1 is 1.53 bits per heavy atom. The zero-order valence-corrected chi connectivity index (χ0v) is 8.61. The Morgan fingerprint density at radius 3 is 3.07 bits per heavy atom. The maximum absolute atomic E-state index is 5.68. The Kier molecular flexibility index (Phi) is 1.88. The van der Waals surface area contributed by atoms with Crippen LogP contribution in [0.3, 0.4) is 0 Å². The second-order valence-corrected chi connectivity index (χ2v) is 4.40. The number of nitrogen functional groups attached to an aromatic ring is 1. The Balaban J connectivity index is 1.87. The highest BCUT2D eigenvalue weighted by atomic mass is 32.2. The fourth-order valence-electron chi connectivity index (χ4n) is 1.27. The fourth-order valence-corrected chi connectivity index (χ4v) is 2.08. The third kappa shape index (κ3) is 1.56. The van der Waals surface area contributed by atoms with Gasteiger partial charge in [0.1, 0.15) is 5.82 Å². The number of nitrogens with two attached hydrogens (primary N) is 1. The zero-order valence-electron chi connectivity index (χ0n) is 7.79. The number of aromatic nitrogens is 6. The summed E-state index contributed by atoms with van der Waals surface area (Å²) in [5.41, 5.74) is 5.68. The van der Waals surface area contributed by atoms with Crippen molar-refractivity contribution < 1.29 is 0 Å². The first-order chi connectivity index (χ1) is 7.34. The number of anilines is 1. The molecule has 0 unspecified atom stereocenters. The van der Waals surface area contributed by atoms with Gasteiger partial charge in [0.05, 0.1) is 17.1 Å². The zero-order chi connectivity index (χ0) is 10.3. The summed E-state index contributed by atoms with van der Waals surface area (Å²) in [5.74, 6) is 0.547. The van der Waals surface area contributed by atoms with Gasteiger partial charge in [-0.15, -0.1) is 5.10 Å². The van der Waals surface area contributed by atoms with Crippen LogP contribution in [0.2, 0.25) is 0 Å². The van der Waals surface area contributed by atoms with E-state index < -0.39 is 0 Å². The number of nitrogens with zero attached hydrogens (tertiary/aromatic N) is 5. The molecule has 1 aliphatic carbocycles. The molecule has 0 aliphatic heterocycles. The molecule has 15 heavy (non-hydrogen) atoms. The van der Waals surface area contributed by atoms with Gasteiger partial charge in [0.15, 0.2) is 0 Å². The lowest BCUT2D eigenvalue weighted by Crippen LogP contribution is -1.98. The molecule has 0 aromatic carbocycles. The standard InChI is InChI=1S/C7H9N7S/c8-6-5(3-9-10-6)15-7-11-12-13-14(7)4-1-2-4/h3-4H,1-2H2,(H3,8,9,10). The van der Waals surface area contributed by atoms with Gasteiger partial charge < -0.3 is 5.73 Å². The van der Waals surface area contributed by atoms with Crippen molar-refractivity contribution in [3.05, 3.63) is 6.20 Å². The Morgan fingerprint density at radius 2 is 2.40 bits per heavy atom. The van der Waals surface area contributed by atoms with E-state index >= 15 is 0 Å². The summed E-state index contributed by atoms with van der Waals surface area (Å²) < 4.78 is 1.84. The molecule has 2 aromatic rings. The third-order valence-corrected chi connectivity index (χ3v) is 3.19. The normalized spacial score (nSPS) is 15.7. The molecule has 78 valence electrons. The number of aromatic amines is 1. The summed E-state index contributed by atoms with van der Waals surface area (Å²) in [6.45, 7) is 0. The molecule has 1 fully saturated rings. The molecule has 7 nitrogen and oxygen atoms in total. The maximum atomic E-state index is 5.68. The largest absolute Gasteiger partial charge is 0.383 e. The van der Waals surface area contributed by atoms with E-state index in [1.165, 1.54) is 11.8 Å². The molecule has 0 saturated heterocycles. The monoisotopic (exact) mass is 223 g/mol.